The maximum atomic E-state index is 13.5. The van der Waals surface area contributed by atoms with E-state index in [4.69, 9.17) is 13.3 Å². The second-order valence-electron chi connectivity index (χ2n) is 5.09. The van der Waals surface area contributed by atoms with E-state index in [1.807, 2.05) is 0 Å². The third kappa shape index (κ3) is 6.26. The molecule has 0 unspecified atom stereocenters. The quantitative estimate of drug-likeness (QED) is 0.651. The van der Waals surface area contributed by atoms with E-state index in [0.717, 1.165) is 12.1 Å². The van der Waals surface area contributed by atoms with E-state index in [9.17, 15) is 23.2 Å². The van der Waals surface area contributed by atoms with Crippen LogP contribution in [0.1, 0.15) is 45.6 Å². The van der Waals surface area contributed by atoms with Crippen molar-refractivity contribution < 1.29 is 36.4 Å². The fourth-order valence-electron chi connectivity index (χ4n) is 1.81. The van der Waals surface area contributed by atoms with Gasteiger partial charge in [-0.2, -0.15) is 0 Å². The summed E-state index contributed by atoms with van der Waals surface area (Å²) in [5, 5.41) is 0. The van der Waals surface area contributed by atoms with Gasteiger partial charge >= 0.3 is 8.80 Å². The predicted molar refractivity (Wildman–Crippen MR) is 85.0 cm³/mol. The van der Waals surface area contributed by atoms with Crippen LogP contribution < -0.4 is 0 Å². The molecule has 0 saturated heterocycles. The SMILES string of the molecule is CCC(=O)O[Si](Cc1ccc(F)c(F)c1)(OC(=O)CC)OC(=O)CC. The molecule has 0 fully saturated rings. The number of benzene rings is 1. The molecule has 6 nitrogen and oxygen atoms in total. The van der Waals surface area contributed by atoms with Crippen LogP contribution in [0.25, 0.3) is 0 Å². The van der Waals surface area contributed by atoms with E-state index >= 15 is 0 Å². The largest absolute Gasteiger partial charge is 0.709 e. The molecule has 1 aromatic rings. The van der Waals surface area contributed by atoms with Gasteiger partial charge in [0.1, 0.15) is 0 Å². The van der Waals surface area contributed by atoms with Gasteiger partial charge in [-0.05, 0) is 17.7 Å². The average Bonchev–Trinajstić information content (AvgIpc) is 2.57. The van der Waals surface area contributed by atoms with Crippen LogP contribution >= 0.6 is 0 Å². The summed E-state index contributed by atoms with van der Waals surface area (Å²) >= 11 is 0. The van der Waals surface area contributed by atoms with Crippen molar-refractivity contribution >= 4 is 26.7 Å². The normalized spacial score (nSPS) is 10.9. The lowest BCUT2D eigenvalue weighted by Crippen LogP contribution is -2.52. The van der Waals surface area contributed by atoms with Gasteiger partial charge in [0.05, 0.1) is 6.04 Å². The minimum absolute atomic E-state index is 0.0418. The molecule has 0 aliphatic carbocycles. The fraction of sp³-hybridized carbons (Fsp3) is 0.438. The topological polar surface area (TPSA) is 78.9 Å². The first kappa shape index (κ1) is 20.8. The molecular weight excluding hydrogens is 354 g/mol. The summed E-state index contributed by atoms with van der Waals surface area (Å²) in [6, 6.07) is 2.65. The van der Waals surface area contributed by atoms with Crippen LogP contribution in [0.5, 0.6) is 0 Å². The highest BCUT2D eigenvalue weighted by Gasteiger charge is 2.53. The smallest absolute Gasteiger partial charge is 0.455 e. The Hall–Kier alpha value is -2.29. The lowest BCUT2D eigenvalue weighted by atomic mass is 10.2. The predicted octanol–water partition coefficient (Wildman–Crippen LogP) is 2.85. The number of hydrogen-bond acceptors (Lipinski definition) is 6. The highest BCUT2D eigenvalue weighted by molar-refractivity contribution is 6.65. The molecule has 0 spiro atoms. The average molecular weight is 374 g/mol. The summed E-state index contributed by atoms with van der Waals surface area (Å²) < 4.78 is 42.2. The third-order valence-corrected chi connectivity index (χ3v) is 5.54. The van der Waals surface area contributed by atoms with E-state index in [2.05, 4.69) is 0 Å². The number of carbonyl (C=O) groups is 3. The van der Waals surface area contributed by atoms with Gasteiger partial charge in [0.15, 0.2) is 11.6 Å². The molecular formula is C16H20F2O6Si. The zero-order valence-corrected chi connectivity index (χ0v) is 15.3. The molecule has 1 aromatic carbocycles. The van der Waals surface area contributed by atoms with Crippen LogP contribution in [0.2, 0.25) is 0 Å². The molecule has 138 valence electrons. The van der Waals surface area contributed by atoms with Gasteiger partial charge in [0.2, 0.25) is 0 Å². The fourth-order valence-corrected chi connectivity index (χ4v) is 4.34. The van der Waals surface area contributed by atoms with Crippen molar-refractivity contribution in [2.24, 2.45) is 0 Å². The van der Waals surface area contributed by atoms with E-state index < -0.39 is 38.3 Å². The van der Waals surface area contributed by atoms with E-state index in [1.165, 1.54) is 26.8 Å². The van der Waals surface area contributed by atoms with Crippen molar-refractivity contribution in [2.75, 3.05) is 0 Å². The first-order chi connectivity index (χ1) is 11.7. The van der Waals surface area contributed by atoms with Crippen molar-refractivity contribution in [3.63, 3.8) is 0 Å². The molecule has 0 aliphatic rings. The number of carbonyl (C=O) groups excluding carboxylic acids is 3. The van der Waals surface area contributed by atoms with Gasteiger partial charge in [-0.15, -0.1) is 0 Å². The van der Waals surface area contributed by atoms with Crippen molar-refractivity contribution in [2.45, 2.75) is 46.1 Å². The van der Waals surface area contributed by atoms with Gasteiger partial charge in [-0.25, -0.2) is 8.78 Å². The lowest BCUT2D eigenvalue weighted by Gasteiger charge is -2.27. The second kappa shape index (κ2) is 9.26. The maximum Gasteiger partial charge on any atom is 0.709 e. The minimum Gasteiger partial charge on any atom is -0.455 e. The van der Waals surface area contributed by atoms with Crippen LogP contribution in [0.4, 0.5) is 8.78 Å². The lowest BCUT2D eigenvalue weighted by molar-refractivity contribution is -0.150. The van der Waals surface area contributed by atoms with Gasteiger partial charge in [0, 0.05) is 19.3 Å². The summed E-state index contributed by atoms with van der Waals surface area (Å²) in [6.07, 6.45) is -0.125. The number of rotatable bonds is 8. The van der Waals surface area contributed by atoms with Crippen molar-refractivity contribution in [3.05, 3.63) is 35.4 Å². The Bertz CT molecular complexity index is 604. The molecule has 0 aromatic heterocycles. The zero-order chi connectivity index (χ0) is 19.0. The summed E-state index contributed by atoms with van der Waals surface area (Å²) in [7, 11) is -4.17. The summed E-state index contributed by atoms with van der Waals surface area (Å²) in [5.74, 6) is -4.38. The van der Waals surface area contributed by atoms with E-state index in [-0.39, 0.29) is 30.9 Å². The Balaban J connectivity index is 3.27. The van der Waals surface area contributed by atoms with Crippen molar-refractivity contribution in [1.29, 1.82) is 0 Å². The van der Waals surface area contributed by atoms with Gasteiger partial charge < -0.3 is 13.3 Å². The summed E-state index contributed by atoms with van der Waals surface area (Å²) in [6.45, 7) is 4.55. The summed E-state index contributed by atoms with van der Waals surface area (Å²) in [5.41, 5.74) is 0.169. The number of hydrogen-bond donors (Lipinski definition) is 0. The first-order valence-electron chi connectivity index (χ1n) is 7.84. The van der Waals surface area contributed by atoms with Gasteiger partial charge in [0.25, 0.3) is 17.9 Å². The van der Waals surface area contributed by atoms with Crippen molar-refractivity contribution in [3.8, 4) is 0 Å². The second-order valence-corrected chi connectivity index (χ2v) is 7.42. The van der Waals surface area contributed by atoms with Crippen LogP contribution in [0, 0.1) is 11.6 Å². The monoisotopic (exact) mass is 374 g/mol. The highest BCUT2D eigenvalue weighted by Crippen LogP contribution is 2.21. The Morgan fingerprint density at radius 1 is 0.840 bits per heavy atom. The molecule has 25 heavy (non-hydrogen) atoms. The third-order valence-electron chi connectivity index (χ3n) is 3.08. The first-order valence-corrected chi connectivity index (χ1v) is 9.77. The summed E-state index contributed by atoms with van der Waals surface area (Å²) in [4.78, 5) is 35.3. The highest BCUT2D eigenvalue weighted by atomic mass is 28.4. The Morgan fingerprint density at radius 3 is 1.64 bits per heavy atom. The molecule has 0 saturated carbocycles. The Kier molecular flexibility index (Phi) is 7.68. The zero-order valence-electron chi connectivity index (χ0n) is 14.3. The molecule has 1 rings (SSSR count). The van der Waals surface area contributed by atoms with Gasteiger partial charge in [-0.1, -0.05) is 26.8 Å². The standard InChI is InChI=1S/C16H20F2O6Si/c1-4-14(19)22-25(23-15(20)5-2,24-16(21)6-3)10-11-7-8-12(17)13(18)9-11/h7-9H,4-6,10H2,1-3H3. The van der Waals surface area contributed by atoms with Crippen molar-refractivity contribution in [1.82, 2.24) is 0 Å². The Labute approximate surface area is 145 Å². The van der Waals surface area contributed by atoms with Gasteiger partial charge in [-0.3, -0.25) is 14.4 Å². The molecule has 0 heterocycles. The maximum absolute atomic E-state index is 13.5. The van der Waals surface area contributed by atoms with Crippen LogP contribution in [-0.2, 0) is 33.7 Å². The molecule has 9 heteroatoms. The molecule has 0 N–H and O–H groups in total. The molecule has 0 amide bonds. The molecule has 0 bridgehead atoms. The van der Waals surface area contributed by atoms with Crippen LogP contribution in [0.15, 0.2) is 18.2 Å². The number of halogens is 2. The Morgan fingerprint density at radius 2 is 1.28 bits per heavy atom. The minimum atomic E-state index is -4.17. The van der Waals surface area contributed by atoms with Crippen LogP contribution in [0.3, 0.4) is 0 Å². The molecule has 0 aliphatic heterocycles. The van der Waals surface area contributed by atoms with E-state index in [1.54, 1.807) is 0 Å². The van der Waals surface area contributed by atoms with Crippen LogP contribution in [-0.4, -0.2) is 26.7 Å². The molecule has 0 atom stereocenters. The van der Waals surface area contributed by atoms with E-state index in [0.29, 0.717) is 0 Å². The molecule has 0 radical (unpaired) electrons.